The fourth-order valence-electron chi connectivity index (χ4n) is 5.70. The van der Waals surface area contributed by atoms with Gasteiger partial charge in [0, 0.05) is 42.7 Å². The number of nitrogens with one attached hydrogen (secondary N) is 3. The molecule has 2 aromatic carbocycles. The van der Waals surface area contributed by atoms with Gasteiger partial charge in [-0.1, -0.05) is 19.1 Å². The van der Waals surface area contributed by atoms with Gasteiger partial charge >= 0.3 is 0 Å². The highest BCUT2D eigenvalue weighted by Crippen LogP contribution is 2.33. The Morgan fingerprint density at radius 3 is 2.74 bits per heavy atom. The first kappa shape index (κ1) is 27.2. The topological polar surface area (TPSA) is 108 Å². The van der Waals surface area contributed by atoms with Crippen LogP contribution in [-0.4, -0.2) is 67.8 Å². The van der Waals surface area contributed by atoms with Gasteiger partial charge < -0.3 is 15.0 Å². The molecule has 7 rings (SSSR count). The van der Waals surface area contributed by atoms with Crippen molar-refractivity contribution < 1.29 is 9.13 Å². The second kappa shape index (κ2) is 11.9. The molecule has 1 aliphatic rings. The molecular formula is C33H33FN8O. The van der Waals surface area contributed by atoms with Crippen molar-refractivity contribution >= 4 is 22.1 Å². The zero-order valence-corrected chi connectivity index (χ0v) is 24.0. The Balaban J connectivity index is 1.20. The summed E-state index contributed by atoms with van der Waals surface area (Å²) >= 11 is 0. The molecule has 10 heteroatoms. The molecule has 1 saturated heterocycles. The predicted octanol–water partition coefficient (Wildman–Crippen LogP) is 5.95. The van der Waals surface area contributed by atoms with Crippen LogP contribution in [0.2, 0.25) is 0 Å². The van der Waals surface area contributed by atoms with Gasteiger partial charge in [0.25, 0.3) is 0 Å². The molecule has 1 fully saturated rings. The number of aromatic nitrogens is 6. The molecule has 0 saturated carbocycles. The maximum atomic E-state index is 14.8. The second-order valence-electron chi connectivity index (χ2n) is 10.9. The quantitative estimate of drug-likeness (QED) is 0.185. The number of fused-ring (bicyclic) bond motifs is 2. The van der Waals surface area contributed by atoms with Crippen molar-refractivity contribution in [2.75, 3.05) is 32.8 Å². The number of likely N-dealkylation sites (tertiary alicyclic amines) is 1. The highest BCUT2D eigenvalue weighted by molar-refractivity contribution is 5.96. The molecule has 0 aliphatic carbocycles. The van der Waals surface area contributed by atoms with E-state index < -0.39 is 0 Å². The molecule has 5 heterocycles. The second-order valence-corrected chi connectivity index (χ2v) is 10.9. The normalized spacial score (nSPS) is 13.8. The number of halogens is 1. The monoisotopic (exact) mass is 576 g/mol. The molecule has 0 bridgehead atoms. The van der Waals surface area contributed by atoms with Gasteiger partial charge in [-0.05, 0) is 80.0 Å². The van der Waals surface area contributed by atoms with Crippen molar-refractivity contribution in [2.45, 2.75) is 26.3 Å². The molecule has 6 aromatic rings. The minimum absolute atomic E-state index is 0.347. The van der Waals surface area contributed by atoms with Crippen molar-refractivity contribution in [3.63, 3.8) is 0 Å². The SMILES string of the molecule is CCNCc1cncc(-c2ccc3[nH]nc(-c4nc5c(-c6cc(F)cc(OCCN7CCCC7)c6)cccc5[nH]4)c3n2)c1. The lowest BCUT2D eigenvalue weighted by Crippen LogP contribution is -2.25. The van der Waals surface area contributed by atoms with Crippen LogP contribution in [0.15, 0.2) is 67.0 Å². The fraction of sp³-hybridized carbons (Fsp3) is 0.273. The standard InChI is InChI=1S/C33H33FN8O/c1-2-35-18-21-14-23(20-36-19-21)27-8-9-29-31(37-27)32(41-40-29)33-38-28-7-5-6-26(30(28)39-33)22-15-24(34)17-25(16-22)43-13-12-42-10-3-4-11-42/h5-9,14-17,19-20,35H,2-4,10-13,18H2,1H3,(H,38,39)(H,40,41). The summed E-state index contributed by atoms with van der Waals surface area (Å²) in [6.45, 7) is 7.28. The zero-order chi connectivity index (χ0) is 29.2. The first-order chi connectivity index (χ1) is 21.1. The Morgan fingerprint density at radius 2 is 1.86 bits per heavy atom. The molecular weight excluding hydrogens is 543 g/mol. The average molecular weight is 577 g/mol. The number of pyridine rings is 2. The average Bonchev–Trinajstić information content (AvgIpc) is 3.79. The predicted molar refractivity (Wildman–Crippen MR) is 166 cm³/mol. The highest BCUT2D eigenvalue weighted by atomic mass is 19.1. The minimum Gasteiger partial charge on any atom is -0.492 e. The number of benzene rings is 2. The molecule has 0 spiro atoms. The molecule has 0 amide bonds. The number of para-hydroxylation sites is 1. The van der Waals surface area contributed by atoms with Gasteiger partial charge in [0.1, 0.15) is 23.7 Å². The van der Waals surface area contributed by atoms with Gasteiger partial charge in [-0.15, -0.1) is 0 Å². The Kier molecular flexibility index (Phi) is 7.53. The summed E-state index contributed by atoms with van der Waals surface area (Å²) in [4.78, 5) is 20.1. The number of rotatable bonds is 10. The van der Waals surface area contributed by atoms with E-state index in [1.165, 1.54) is 25.0 Å². The van der Waals surface area contributed by atoms with Crippen molar-refractivity contribution in [1.82, 2.24) is 40.3 Å². The number of hydrogen-bond donors (Lipinski definition) is 3. The van der Waals surface area contributed by atoms with Gasteiger partial charge in [-0.3, -0.25) is 15.0 Å². The third kappa shape index (κ3) is 5.71. The van der Waals surface area contributed by atoms with Crippen LogP contribution in [0.1, 0.15) is 25.3 Å². The van der Waals surface area contributed by atoms with E-state index in [0.717, 1.165) is 71.7 Å². The van der Waals surface area contributed by atoms with Crippen LogP contribution in [0.4, 0.5) is 4.39 Å². The molecule has 0 atom stereocenters. The maximum absolute atomic E-state index is 14.8. The lowest BCUT2D eigenvalue weighted by atomic mass is 10.0. The maximum Gasteiger partial charge on any atom is 0.161 e. The molecule has 43 heavy (non-hydrogen) atoms. The van der Waals surface area contributed by atoms with Gasteiger partial charge in [0.15, 0.2) is 11.5 Å². The number of H-pyrrole nitrogens is 2. The van der Waals surface area contributed by atoms with Crippen LogP contribution in [0.5, 0.6) is 5.75 Å². The summed E-state index contributed by atoms with van der Waals surface area (Å²) in [5.74, 6) is 0.748. The lowest BCUT2D eigenvalue weighted by molar-refractivity contribution is 0.237. The van der Waals surface area contributed by atoms with Gasteiger partial charge in [0.05, 0.1) is 22.2 Å². The van der Waals surface area contributed by atoms with E-state index in [2.05, 4.69) is 43.4 Å². The Hall–Kier alpha value is -4.67. The lowest BCUT2D eigenvalue weighted by Gasteiger charge is -2.15. The van der Waals surface area contributed by atoms with Crippen LogP contribution in [0.3, 0.4) is 0 Å². The van der Waals surface area contributed by atoms with E-state index in [1.54, 1.807) is 0 Å². The van der Waals surface area contributed by atoms with Crippen molar-refractivity contribution in [2.24, 2.45) is 0 Å². The molecule has 3 N–H and O–H groups in total. The van der Waals surface area contributed by atoms with Crippen molar-refractivity contribution in [1.29, 1.82) is 0 Å². The Morgan fingerprint density at radius 1 is 0.953 bits per heavy atom. The Bertz CT molecular complexity index is 1890. The fourth-order valence-corrected chi connectivity index (χ4v) is 5.70. The molecule has 0 radical (unpaired) electrons. The van der Waals surface area contributed by atoms with E-state index in [9.17, 15) is 4.39 Å². The van der Waals surface area contributed by atoms with Crippen LogP contribution in [0, 0.1) is 5.82 Å². The summed E-state index contributed by atoms with van der Waals surface area (Å²) in [7, 11) is 0. The van der Waals surface area contributed by atoms with Crippen LogP contribution in [-0.2, 0) is 6.54 Å². The van der Waals surface area contributed by atoms with Gasteiger partial charge in [-0.2, -0.15) is 5.10 Å². The summed E-state index contributed by atoms with van der Waals surface area (Å²) in [5.41, 5.74) is 8.00. The smallest absolute Gasteiger partial charge is 0.161 e. The zero-order valence-electron chi connectivity index (χ0n) is 24.0. The number of hydrogen-bond acceptors (Lipinski definition) is 7. The molecule has 1 aliphatic heterocycles. The van der Waals surface area contributed by atoms with E-state index in [4.69, 9.17) is 14.7 Å². The summed E-state index contributed by atoms with van der Waals surface area (Å²) < 4.78 is 20.7. The molecule has 9 nitrogen and oxygen atoms in total. The number of imidazole rings is 1. The van der Waals surface area contributed by atoms with E-state index >= 15 is 0 Å². The summed E-state index contributed by atoms with van der Waals surface area (Å²) in [6.07, 6.45) is 6.14. The van der Waals surface area contributed by atoms with Crippen LogP contribution >= 0.6 is 0 Å². The van der Waals surface area contributed by atoms with Crippen molar-refractivity contribution in [3.05, 3.63) is 78.4 Å². The minimum atomic E-state index is -0.347. The first-order valence-electron chi connectivity index (χ1n) is 14.8. The van der Waals surface area contributed by atoms with E-state index in [0.29, 0.717) is 35.0 Å². The molecule has 0 unspecified atom stereocenters. The van der Waals surface area contributed by atoms with Crippen LogP contribution in [0.25, 0.3) is 56.0 Å². The van der Waals surface area contributed by atoms with E-state index in [1.807, 2.05) is 48.8 Å². The first-order valence-corrected chi connectivity index (χ1v) is 14.8. The largest absolute Gasteiger partial charge is 0.492 e. The Labute approximate surface area is 248 Å². The molecule has 218 valence electrons. The van der Waals surface area contributed by atoms with E-state index in [-0.39, 0.29) is 5.82 Å². The van der Waals surface area contributed by atoms with Crippen LogP contribution < -0.4 is 10.1 Å². The number of aromatic amines is 2. The third-order valence-corrected chi connectivity index (χ3v) is 7.87. The van der Waals surface area contributed by atoms with Crippen molar-refractivity contribution in [3.8, 4) is 39.7 Å². The van der Waals surface area contributed by atoms with Gasteiger partial charge in [-0.25, -0.2) is 14.4 Å². The molecule has 4 aromatic heterocycles. The van der Waals surface area contributed by atoms with Gasteiger partial charge in [0.2, 0.25) is 0 Å². The summed E-state index contributed by atoms with van der Waals surface area (Å²) in [6, 6.07) is 16.7. The third-order valence-electron chi connectivity index (χ3n) is 7.87. The number of nitrogens with zero attached hydrogens (tertiary/aromatic N) is 5. The highest BCUT2D eigenvalue weighted by Gasteiger charge is 2.18. The number of ether oxygens (including phenoxy) is 1. The summed E-state index contributed by atoms with van der Waals surface area (Å²) in [5, 5.41) is 11.0.